The quantitative estimate of drug-likeness (QED) is 0.314. The van der Waals surface area contributed by atoms with Gasteiger partial charge in [-0.3, -0.25) is 9.52 Å². The average Bonchev–Trinajstić information content (AvgIpc) is 2.95. The van der Waals surface area contributed by atoms with Crippen molar-refractivity contribution in [3.63, 3.8) is 0 Å². The second-order valence-corrected chi connectivity index (χ2v) is 11.4. The third-order valence-electron chi connectivity index (χ3n) is 6.83. The van der Waals surface area contributed by atoms with Gasteiger partial charge >= 0.3 is 6.01 Å². The number of hydrogen-bond acceptors (Lipinski definition) is 6. The zero-order valence-electron chi connectivity index (χ0n) is 21.7. The standard InChI is InChI=1S/C30H30N4O4S/c1-22-8-9-26(20-28(22)33-39(36,37)21-23-6-3-2-4-7-23)29(35)34-18-14-25(15-19-34)24-10-12-27(13-11-24)38-30-31-16-5-17-32-30/h2-13,16-17,20,25,33H,14-15,18-19,21H2,1H3. The Morgan fingerprint density at radius 1 is 0.949 bits per heavy atom. The maximum atomic E-state index is 13.3. The largest absolute Gasteiger partial charge is 0.424 e. The maximum Gasteiger partial charge on any atom is 0.321 e. The minimum Gasteiger partial charge on any atom is -0.424 e. The van der Waals surface area contributed by atoms with Crippen molar-refractivity contribution in [2.75, 3.05) is 17.8 Å². The number of amides is 1. The van der Waals surface area contributed by atoms with Gasteiger partial charge in [-0.05, 0) is 72.7 Å². The average molecular weight is 543 g/mol. The van der Waals surface area contributed by atoms with Crippen LogP contribution in [0.5, 0.6) is 11.8 Å². The molecule has 4 aromatic rings. The molecule has 0 spiro atoms. The number of nitrogens with zero attached hydrogens (tertiary/aromatic N) is 3. The molecule has 0 radical (unpaired) electrons. The van der Waals surface area contributed by atoms with E-state index in [4.69, 9.17) is 4.74 Å². The summed E-state index contributed by atoms with van der Waals surface area (Å²) < 4.78 is 33.9. The van der Waals surface area contributed by atoms with E-state index in [1.807, 2.05) is 54.3 Å². The molecular formula is C30H30N4O4S. The molecule has 2 heterocycles. The molecule has 200 valence electrons. The van der Waals surface area contributed by atoms with Crippen LogP contribution in [-0.4, -0.2) is 42.3 Å². The number of ether oxygens (including phenoxy) is 1. The Bertz CT molecular complexity index is 1520. The van der Waals surface area contributed by atoms with E-state index in [1.165, 1.54) is 5.56 Å². The normalized spacial score (nSPS) is 14.1. The Kier molecular flexibility index (Phi) is 7.88. The second kappa shape index (κ2) is 11.7. The first kappa shape index (κ1) is 26.4. The van der Waals surface area contributed by atoms with E-state index in [0.717, 1.165) is 18.4 Å². The highest BCUT2D eigenvalue weighted by molar-refractivity contribution is 7.91. The molecule has 1 aliphatic rings. The van der Waals surface area contributed by atoms with Gasteiger partial charge in [-0.15, -0.1) is 0 Å². The number of carbonyl (C=O) groups excluding carboxylic acids is 1. The highest BCUT2D eigenvalue weighted by atomic mass is 32.2. The number of carbonyl (C=O) groups is 1. The first-order valence-electron chi connectivity index (χ1n) is 12.9. The third kappa shape index (κ3) is 6.80. The van der Waals surface area contributed by atoms with E-state index in [2.05, 4.69) is 14.7 Å². The minimum atomic E-state index is -3.63. The fourth-order valence-corrected chi connectivity index (χ4v) is 5.97. The van der Waals surface area contributed by atoms with Crippen LogP contribution in [0.4, 0.5) is 5.69 Å². The predicted molar refractivity (Wildman–Crippen MR) is 150 cm³/mol. The van der Waals surface area contributed by atoms with Crippen LogP contribution in [0.15, 0.2) is 91.3 Å². The maximum absolute atomic E-state index is 13.3. The van der Waals surface area contributed by atoms with Crippen LogP contribution < -0.4 is 9.46 Å². The van der Waals surface area contributed by atoms with E-state index in [1.54, 1.807) is 48.8 Å². The van der Waals surface area contributed by atoms with Crippen LogP contribution in [-0.2, 0) is 15.8 Å². The van der Waals surface area contributed by atoms with Gasteiger partial charge in [0.1, 0.15) is 5.75 Å². The van der Waals surface area contributed by atoms with Gasteiger partial charge in [-0.1, -0.05) is 48.5 Å². The van der Waals surface area contributed by atoms with Crippen molar-refractivity contribution < 1.29 is 17.9 Å². The van der Waals surface area contributed by atoms with Crippen LogP contribution >= 0.6 is 0 Å². The van der Waals surface area contributed by atoms with Crippen LogP contribution in [0.1, 0.15) is 45.8 Å². The van der Waals surface area contributed by atoms with Crippen molar-refractivity contribution in [3.8, 4) is 11.8 Å². The molecule has 5 rings (SSSR count). The van der Waals surface area contributed by atoms with Gasteiger partial charge in [0.15, 0.2) is 0 Å². The van der Waals surface area contributed by atoms with E-state index in [-0.39, 0.29) is 11.7 Å². The van der Waals surface area contributed by atoms with Crippen molar-refractivity contribution in [2.45, 2.75) is 31.4 Å². The lowest BCUT2D eigenvalue weighted by Gasteiger charge is -2.32. The molecule has 1 aliphatic heterocycles. The Balaban J connectivity index is 1.19. The number of rotatable bonds is 8. The van der Waals surface area contributed by atoms with Gasteiger partial charge in [0.05, 0.1) is 11.4 Å². The number of aromatic nitrogens is 2. The Morgan fingerprint density at radius 2 is 1.64 bits per heavy atom. The van der Waals surface area contributed by atoms with Crippen LogP contribution in [0.2, 0.25) is 0 Å². The second-order valence-electron chi connectivity index (χ2n) is 9.65. The number of aryl methyl sites for hydroxylation is 1. The summed E-state index contributed by atoms with van der Waals surface area (Å²) in [6.45, 7) is 3.08. The van der Waals surface area contributed by atoms with E-state index >= 15 is 0 Å². The summed E-state index contributed by atoms with van der Waals surface area (Å²) in [6.07, 6.45) is 4.95. The summed E-state index contributed by atoms with van der Waals surface area (Å²) in [6, 6.07) is 24.2. The van der Waals surface area contributed by atoms with Crippen molar-refractivity contribution in [2.24, 2.45) is 0 Å². The lowest BCUT2D eigenvalue weighted by atomic mass is 9.89. The highest BCUT2D eigenvalue weighted by Gasteiger charge is 2.25. The van der Waals surface area contributed by atoms with Gasteiger partial charge in [-0.25, -0.2) is 18.4 Å². The number of likely N-dealkylation sites (tertiary alicyclic amines) is 1. The van der Waals surface area contributed by atoms with Crippen molar-refractivity contribution in [3.05, 3.63) is 114 Å². The molecule has 1 saturated heterocycles. The molecule has 8 nitrogen and oxygen atoms in total. The Morgan fingerprint density at radius 3 is 2.33 bits per heavy atom. The number of benzene rings is 3. The van der Waals surface area contributed by atoms with Crippen LogP contribution in [0.25, 0.3) is 0 Å². The molecule has 0 saturated carbocycles. The summed E-state index contributed by atoms with van der Waals surface area (Å²) in [7, 11) is -3.63. The highest BCUT2D eigenvalue weighted by Crippen LogP contribution is 2.31. The number of hydrogen-bond donors (Lipinski definition) is 1. The summed E-state index contributed by atoms with van der Waals surface area (Å²) in [4.78, 5) is 23.3. The molecule has 39 heavy (non-hydrogen) atoms. The van der Waals surface area contributed by atoms with Crippen molar-refractivity contribution in [1.29, 1.82) is 0 Å². The van der Waals surface area contributed by atoms with Gasteiger partial charge in [0, 0.05) is 31.0 Å². The lowest BCUT2D eigenvalue weighted by molar-refractivity contribution is 0.0713. The minimum absolute atomic E-state index is 0.0939. The first-order chi connectivity index (χ1) is 18.9. The topological polar surface area (TPSA) is 101 Å². The zero-order chi connectivity index (χ0) is 27.2. The Labute approximate surface area is 228 Å². The number of sulfonamides is 1. The van der Waals surface area contributed by atoms with Crippen molar-refractivity contribution >= 4 is 21.6 Å². The first-order valence-corrected chi connectivity index (χ1v) is 14.5. The third-order valence-corrected chi connectivity index (χ3v) is 8.08. The number of piperidine rings is 1. The molecule has 1 amide bonds. The van der Waals surface area contributed by atoms with Gasteiger partial charge in [-0.2, -0.15) is 0 Å². The van der Waals surface area contributed by atoms with Crippen LogP contribution in [0.3, 0.4) is 0 Å². The summed E-state index contributed by atoms with van der Waals surface area (Å²) >= 11 is 0. The summed E-state index contributed by atoms with van der Waals surface area (Å²) in [5.41, 5.74) is 3.56. The van der Waals surface area contributed by atoms with Crippen molar-refractivity contribution in [1.82, 2.24) is 14.9 Å². The SMILES string of the molecule is Cc1ccc(C(=O)N2CCC(c3ccc(Oc4ncccn4)cc3)CC2)cc1NS(=O)(=O)Cc1ccccc1. The van der Waals surface area contributed by atoms with E-state index < -0.39 is 10.0 Å². The van der Waals surface area contributed by atoms with E-state index in [0.29, 0.717) is 47.6 Å². The molecule has 9 heteroatoms. The molecule has 0 aliphatic carbocycles. The molecule has 1 fully saturated rings. The van der Waals surface area contributed by atoms with E-state index in [9.17, 15) is 13.2 Å². The molecular weight excluding hydrogens is 512 g/mol. The monoisotopic (exact) mass is 542 g/mol. The predicted octanol–water partition coefficient (Wildman–Crippen LogP) is 5.54. The van der Waals surface area contributed by atoms with Gasteiger partial charge in [0.25, 0.3) is 5.91 Å². The molecule has 0 bridgehead atoms. The van der Waals surface area contributed by atoms with Gasteiger partial charge in [0.2, 0.25) is 10.0 Å². The summed E-state index contributed by atoms with van der Waals surface area (Å²) in [5.74, 6) is 0.789. The fourth-order valence-electron chi connectivity index (χ4n) is 4.71. The molecule has 0 unspecified atom stereocenters. The number of anilines is 1. The zero-order valence-corrected chi connectivity index (χ0v) is 22.5. The molecule has 0 atom stereocenters. The fraction of sp³-hybridized carbons (Fsp3) is 0.233. The molecule has 1 aromatic heterocycles. The Hall–Kier alpha value is -4.24. The smallest absolute Gasteiger partial charge is 0.321 e. The lowest BCUT2D eigenvalue weighted by Crippen LogP contribution is -2.38. The van der Waals surface area contributed by atoms with Crippen LogP contribution in [0, 0.1) is 6.92 Å². The summed E-state index contributed by atoms with van der Waals surface area (Å²) in [5, 5.41) is 0. The number of nitrogens with one attached hydrogen (secondary N) is 1. The van der Waals surface area contributed by atoms with Gasteiger partial charge < -0.3 is 9.64 Å². The molecule has 1 N–H and O–H groups in total. The molecule has 3 aromatic carbocycles.